The van der Waals surface area contributed by atoms with Crippen LogP contribution in [-0.2, 0) is 74.2 Å². The Kier molecular flexibility index (Phi) is 14.8. The highest BCUT2D eigenvalue weighted by Gasteiger charge is 2.57. The van der Waals surface area contributed by atoms with E-state index in [4.69, 9.17) is 37.3 Å². The van der Waals surface area contributed by atoms with Crippen LogP contribution in [0, 0.1) is 21.7 Å². The molecule has 0 spiro atoms. The van der Waals surface area contributed by atoms with E-state index in [1.165, 1.54) is 0 Å². The van der Waals surface area contributed by atoms with E-state index >= 15 is 0 Å². The van der Waals surface area contributed by atoms with Crippen molar-refractivity contribution in [3.05, 3.63) is 71.8 Å². The lowest BCUT2D eigenvalue weighted by Crippen LogP contribution is -2.64. The summed E-state index contributed by atoms with van der Waals surface area (Å²) in [7, 11) is -4.67. The van der Waals surface area contributed by atoms with Crippen molar-refractivity contribution < 1.29 is 61.0 Å². The van der Waals surface area contributed by atoms with Gasteiger partial charge in [-0.05, 0) is 94.2 Å². The van der Waals surface area contributed by atoms with Gasteiger partial charge in [0.25, 0.3) is 0 Å². The molecular formula is C40H57O13P. The Balaban J connectivity index is 2.20. The Bertz CT molecular complexity index is 1570. The van der Waals surface area contributed by atoms with E-state index in [2.05, 4.69) is 0 Å². The third kappa shape index (κ3) is 13.3. The van der Waals surface area contributed by atoms with Gasteiger partial charge in [-0.15, -0.1) is 0 Å². The first kappa shape index (κ1) is 44.8. The molecule has 300 valence electrons. The quantitative estimate of drug-likeness (QED) is 0.111. The minimum absolute atomic E-state index is 0.215. The molecule has 0 saturated carbocycles. The fourth-order valence-corrected chi connectivity index (χ4v) is 5.69. The van der Waals surface area contributed by atoms with Crippen LogP contribution in [0.3, 0.4) is 0 Å². The Hall–Kier alpha value is -3.61. The summed E-state index contributed by atoms with van der Waals surface area (Å²) in [5.74, 6) is -2.86. The van der Waals surface area contributed by atoms with Crippen molar-refractivity contribution >= 4 is 31.7 Å². The molecule has 0 bridgehead atoms. The van der Waals surface area contributed by atoms with Gasteiger partial charge in [0.05, 0.1) is 34.9 Å². The molecule has 2 aromatic rings. The number of carbonyl (C=O) groups excluding carboxylic acids is 4. The number of carbonyl (C=O) groups is 4. The molecular weight excluding hydrogens is 719 g/mol. The Morgan fingerprint density at radius 1 is 0.556 bits per heavy atom. The summed E-state index contributed by atoms with van der Waals surface area (Å²) in [6.45, 7) is 18.5. The molecule has 0 aliphatic carbocycles. The molecule has 13 nitrogen and oxygen atoms in total. The largest absolute Gasteiger partial charge is 0.477 e. The Morgan fingerprint density at radius 3 is 1.31 bits per heavy atom. The first-order chi connectivity index (χ1) is 24.8. The number of phosphoric ester groups is 1. The number of hydrogen-bond donors (Lipinski definition) is 0. The maximum atomic E-state index is 14.7. The fourth-order valence-electron chi connectivity index (χ4n) is 4.46. The van der Waals surface area contributed by atoms with E-state index in [1.807, 2.05) is 12.1 Å². The summed E-state index contributed by atoms with van der Waals surface area (Å²) in [5, 5.41) is 0. The van der Waals surface area contributed by atoms with Crippen LogP contribution in [0.25, 0.3) is 0 Å². The van der Waals surface area contributed by atoms with Crippen LogP contribution in [0.5, 0.6) is 0 Å². The minimum atomic E-state index is -4.67. The van der Waals surface area contributed by atoms with Crippen LogP contribution in [-0.4, -0.2) is 61.2 Å². The lowest BCUT2D eigenvalue weighted by Gasteiger charge is -2.46. The van der Waals surface area contributed by atoms with Gasteiger partial charge in [0, 0.05) is 0 Å². The second-order valence-corrected chi connectivity index (χ2v) is 18.9. The van der Waals surface area contributed by atoms with Gasteiger partial charge in [0.2, 0.25) is 6.29 Å². The van der Waals surface area contributed by atoms with Crippen LogP contribution >= 0.6 is 7.82 Å². The normalized spacial score (nSPS) is 21.1. The molecule has 14 heteroatoms. The van der Waals surface area contributed by atoms with Gasteiger partial charge in [0.1, 0.15) is 12.7 Å². The van der Waals surface area contributed by atoms with Crippen molar-refractivity contribution in [1.82, 2.24) is 0 Å². The van der Waals surface area contributed by atoms with E-state index in [1.54, 1.807) is 132 Å². The van der Waals surface area contributed by atoms with E-state index in [-0.39, 0.29) is 13.2 Å². The average Bonchev–Trinajstić information content (AvgIpc) is 3.07. The summed E-state index contributed by atoms with van der Waals surface area (Å²) in [5.41, 5.74) is -2.89. The van der Waals surface area contributed by atoms with Crippen LogP contribution in [0.2, 0.25) is 0 Å². The van der Waals surface area contributed by atoms with Gasteiger partial charge in [-0.2, -0.15) is 0 Å². The molecule has 0 N–H and O–H groups in total. The number of benzene rings is 2. The zero-order valence-electron chi connectivity index (χ0n) is 33.5. The molecule has 1 fully saturated rings. The van der Waals surface area contributed by atoms with Gasteiger partial charge < -0.3 is 23.7 Å². The van der Waals surface area contributed by atoms with Crippen molar-refractivity contribution in [2.75, 3.05) is 6.61 Å². The zero-order chi connectivity index (χ0) is 40.7. The number of esters is 4. The first-order valence-corrected chi connectivity index (χ1v) is 19.4. The third-order valence-electron chi connectivity index (χ3n) is 7.85. The Labute approximate surface area is 319 Å². The summed E-state index contributed by atoms with van der Waals surface area (Å²) in [6.07, 6.45) is -8.07. The second kappa shape index (κ2) is 17.9. The van der Waals surface area contributed by atoms with Crippen molar-refractivity contribution in [3.8, 4) is 0 Å². The van der Waals surface area contributed by atoms with Crippen LogP contribution in [0.1, 0.15) is 94.2 Å². The molecule has 0 amide bonds. The highest BCUT2D eigenvalue weighted by atomic mass is 31.2. The predicted molar refractivity (Wildman–Crippen MR) is 198 cm³/mol. The Morgan fingerprint density at radius 2 is 0.926 bits per heavy atom. The minimum Gasteiger partial charge on any atom is -0.462 e. The van der Waals surface area contributed by atoms with E-state index in [0.717, 1.165) is 0 Å². The SMILES string of the molecule is CC(C)(C)C(=O)OC[C@H]1O[C@@H](OP(=O)(OCc2ccccc2)OCc2ccccc2)[C@H](OC(=O)C(C)(C)C)[C@@H](OC(=O)C(C)(C)C)[C@@H]1OC(=O)C(C)(C)C. The summed E-state index contributed by atoms with van der Waals surface area (Å²) < 4.78 is 62.5. The van der Waals surface area contributed by atoms with Crippen molar-refractivity contribution in [1.29, 1.82) is 0 Å². The second-order valence-electron chi connectivity index (χ2n) is 17.3. The molecule has 1 aliphatic rings. The molecule has 1 heterocycles. The topological polar surface area (TPSA) is 159 Å². The van der Waals surface area contributed by atoms with Gasteiger partial charge >= 0.3 is 31.7 Å². The molecule has 5 atom stereocenters. The maximum absolute atomic E-state index is 14.7. The maximum Gasteiger partial charge on any atom is 0.477 e. The van der Waals surface area contributed by atoms with E-state index in [0.29, 0.717) is 11.1 Å². The van der Waals surface area contributed by atoms with Gasteiger partial charge in [-0.3, -0.25) is 32.7 Å². The van der Waals surface area contributed by atoms with E-state index in [9.17, 15) is 23.7 Å². The summed E-state index contributed by atoms with van der Waals surface area (Å²) in [6, 6.07) is 17.7. The number of hydrogen-bond acceptors (Lipinski definition) is 13. The van der Waals surface area contributed by atoms with Crippen molar-refractivity contribution in [2.45, 2.75) is 127 Å². The number of rotatable bonds is 13. The number of ether oxygens (including phenoxy) is 5. The van der Waals surface area contributed by atoms with Crippen LogP contribution in [0.15, 0.2) is 60.7 Å². The fraction of sp³-hybridized carbons (Fsp3) is 0.600. The van der Waals surface area contributed by atoms with E-state index < -0.39 is 90.7 Å². The molecule has 0 unspecified atom stereocenters. The predicted octanol–water partition coefficient (Wildman–Crippen LogP) is 7.73. The molecule has 1 aliphatic heterocycles. The van der Waals surface area contributed by atoms with Crippen LogP contribution in [0.4, 0.5) is 0 Å². The third-order valence-corrected chi connectivity index (χ3v) is 9.20. The van der Waals surface area contributed by atoms with Gasteiger partial charge in [-0.25, -0.2) is 4.57 Å². The molecule has 54 heavy (non-hydrogen) atoms. The summed E-state index contributed by atoms with van der Waals surface area (Å²) in [4.78, 5) is 53.7. The monoisotopic (exact) mass is 776 g/mol. The highest BCUT2D eigenvalue weighted by molar-refractivity contribution is 7.48. The van der Waals surface area contributed by atoms with Crippen molar-refractivity contribution in [3.63, 3.8) is 0 Å². The smallest absolute Gasteiger partial charge is 0.462 e. The van der Waals surface area contributed by atoms with Crippen LogP contribution < -0.4 is 0 Å². The summed E-state index contributed by atoms with van der Waals surface area (Å²) >= 11 is 0. The first-order valence-electron chi connectivity index (χ1n) is 17.9. The average molecular weight is 777 g/mol. The lowest BCUT2D eigenvalue weighted by molar-refractivity contribution is -0.297. The van der Waals surface area contributed by atoms with Crippen molar-refractivity contribution in [2.24, 2.45) is 21.7 Å². The highest BCUT2D eigenvalue weighted by Crippen LogP contribution is 2.54. The van der Waals surface area contributed by atoms with Gasteiger partial charge in [-0.1, -0.05) is 60.7 Å². The zero-order valence-corrected chi connectivity index (χ0v) is 34.4. The lowest BCUT2D eigenvalue weighted by atomic mass is 9.93. The molecule has 0 aromatic heterocycles. The molecule has 3 rings (SSSR count). The standard InChI is InChI=1S/C40H57O13P/c1-37(2,3)33(41)46-25-28-29(50-34(42)38(4,5)6)30(51-35(43)39(7,8)9)31(52-36(44)40(10,11)12)32(49-28)53-54(45,47-23-26-19-15-13-16-20-26)48-24-27-21-17-14-18-22-27/h13-22,28-32H,23-25H2,1-12H3/t28-,29-,30+,31-,32+/m1/s1. The molecule has 1 saturated heterocycles. The number of phosphoric acid groups is 1. The molecule has 0 radical (unpaired) electrons. The van der Waals surface area contributed by atoms with Gasteiger partial charge in [0.15, 0.2) is 18.3 Å². The molecule has 2 aromatic carbocycles.